The first-order chi connectivity index (χ1) is 12.2. The molecule has 0 spiro atoms. The predicted octanol–water partition coefficient (Wildman–Crippen LogP) is 1.06. The van der Waals surface area contributed by atoms with Crippen molar-refractivity contribution in [3.63, 3.8) is 0 Å². The Morgan fingerprint density at radius 2 is 1.72 bits per heavy atom. The number of hydrogen-bond donors (Lipinski definition) is 4. The van der Waals surface area contributed by atoms with Gasteiger partial charge in [0, 0.05) is 11.6 Å². The normalized spacial score (nSPS) is 19.2. The van der Waals surface area contributed by atoms with Crippen molar-refractivity contribution in [1.82, 2.24) is 21.7 Å². The van der Waals surface area contributed by atoms with E-state index in [0.717, 1.165) is 11.3 Å². The molecule has 1 heterocycles. The van der Waals surface area contributed by atoms with Crippen LogP contribution >= 0.6 is 0 Å². The van der Waals surface area contributed by atoms with Gasteiger partial charge in [0.25, 0.3) is 11.8 Å². The number of carbonyl (C=O) groups excluding carboxylic acids is 2. The fourth-order valence-electron chi connectivity index (χ4n) is 2.65. The zero-order valence-electron chi connectivity index (χ0n) is 13.8. The van der Waals surface area contributed by atoms with Crippen molar-refractivity contribution in [2.75, 3.05) is 7.11 Å². The van der Waals surface area contributed by atoms with E-state index >= 15 is 0 Å². The quantitative estimate of drug-likeness (QED) is 0.625. The Kier molecular flexibility index (Phi) is 5.27. The van der Waals surface area contributed by atoms with Gasteiger partial charge < -0.3 is 4.74 Å². The fourth-order valence-corrected chi connectivity index (χ4v) is 2.65. The van der Waals surface area contributed by atoms with Crippen molar-refractivity contribution in [2.45, 2.75) is 18.5 Å². The summed E-state index contributed by atoms with van der Waals surface area (Å²) >= 11 is 0. The number of rotatable bonds is 4. The Morgan fingerprint density at radius 1 is 1.00 bits per heavy atom. The van der Waals surface area contributed by atoms with E-state index in [-0.39, 0.29) is 17.9 Å². The third kappa shape index (κ3) is 4.14. The number of hydrazine groups is 2. The molecule has 1 aliphatic rings. The highest BCUT2D eigenvalue weighted by atomic mass is 16.5. The number of carbonyl (C=O) groups is 2. The number of methoxy groups -OCH3 is 1. The van der Waals surface area contributed by atoms with E-state index in [0.29, 0.717) is 12.0 Å². The van der Waals surface area contributed by atoms with Gasteiger partial charge in [0.1, 0.15) is 11.8 Å². The molecule has 7 nitrogen and oxygen atoms in total. The molecule has 0 aromatic heterocycles. The third-order valence-electron chi connectivity index (χ3n) is 4.07. The molecule has 2 amide bonds. The van der Waals surface area contributed by atoms with Crippen molar-refractivity contribution < 1.29 is 14.3 Å². The lowest BCUT2D eigenvalue weighted by atomic mass is 10.0. The SMILES string of the molecule is COc1ccc(C2CC(C(=O)NNC(=O)c3ccccc3)NN2)cc1. The van der Waals surface area contributed by atoms with Crippen LogP contribution in [0.3, 0.4) is 0 Å². The van der Waals surface area contributed by atoms with Gasteiger partial charge in [-0.25, -0.2) is 10.9 Å². The summed E-state index contributed by atoms with van der Waals surface area (Å²) in [6, 6.07) is 15.9. The molecule has 1 aliphatic heterocycles. The van der Waals surface area contributed by atoms with Crippen LogP contribution in [0, 0.1) is 0 Å². The van der Waals surface area contributed by atoms with Gasteiger partial charge in [0.15, 0.2) is 0 Å². The molecule has 1 saturated heterocycles. The molecule has 25 heavy (non-hydrogen) atoms. The molecule has 0 radical (unpaired) electrons. The molecule has 2 unspecified atom stereocenters. The number of ether oxygens (including phenoxy) is 1. The van der Waals surface area contributed by atoms with E-state index in [1.807, 2.05) is 30.3 Å². The maximum Gasteiger partial charge on any atom is 0.269 e. The van der Waals surface area contributed by atoms with E-state index in [1.165, 1.54) is 0 Å². The van der Waals surface area contributed by atoms with Crippen LogP contribution in [-0.4, -0.2) is 25.0 Å². The highest BCUT2D eigenvalue weighted by Crippen LogP contribution is 2.24. The summed E-state index contributed by atoms with van der Waals surface area (Å²) in [5.41, 5.74) is 12.5. The van der Waals surface area contributed by atoms with Gasteiger partial charge >= 0.3 is 0 Å². The van der Waals surface area contributed by atoms with Gasteiger partial charge in [-0.1, -0.05) is 30.3 Å². The molecule has 0 aliphatic carbocycles. The predicted molar refractivity (Wildman–Crippen MR) is 92.5 cm³/mol. The van der Waals surface area contributed by atoms with Gasteiger partial charge in [0.2, 0.25) is 0 Å². The second kappa shape index (κ2) is 7.78. The molecule has 0 saturated carbocycles. The first-order valence-corrected chi connectivity index (χ1v) is 7.97. The second-order valence-electron chi connectivity index (χ2n) is 5.71. The van der Waals surface area contributed by atoms with Gasteiger partial charge in [-0.3, -0.25) is 20.4 Å². The summed E-state index contributed by atoms with van der Waals surface area (Å²) in [5, 5.41) is 0. The molecular formula is C18H20N4O3. The van der Waals surface area contributed by atoms with E-state index in [9.17, 15) is 9.59 Å². The van der Waals surface area contributed by atoms with Crippen LogP contribution in [0.25, 0.3) is 0 Å². The highest BCUT2D eigenvalue weighted by molar-refractivity contribution is 5.95. The number of benzene rings is 2. The number of hydrogen-bond acceptors (Lipinski definition) is 5. The summed E-state index contributed by atoms with van der Waals surface area (Å²) in [6.07, 6.45) is 0.569. The molecule has 1 fully saturated rings. The summed E-state index contributed by atoms with van der Waals surface area (Å²) in [5.74, 6) is 0.132. The highest BCUT2D eigenvalue weighted by Gasteiger charge is 2.30. The zero-order chi connectivity index (χ0) is 17.6. The van der Waals surface area contributed by atoms with E-state index in [2.05, 4.69) is 21.7 Å². The largest absolute Gasteiger partial charge is 0.497 e. The van der Waals surface area contributed by atoms with Crippen molar-refractivity contribution in [3.8, 4) is 5.75 Å². The van der Waals surface area contributed by atoms with E-state index < -0.39 is 6.04 Å². The molecule has 4 N–H and O–H groups in total. The molecule has 7 heteroatoms. The molecule has 0 bridgehead atoms. The molecule has 3 rings (SSSR count). The second-order valence-corrected chi connectivity index (χ2v) is 5.71. The van der Waals surface area contributed by atoms with Crippen LogP contribution < -0.4 is 26.4 Å². The van der Waals surface area contributed by atoms with Crippen molar-refractivity contribution >= 4 is 11.8 Å². The summed E-state index contributed by atoms with van der Waals surface area (Å²) in [7, 11) is 1.62. The zero-order valence-corrected chi connectivity index (χ0v) is 13.8. The third-order valence-corrected chi connectivity index (χ3v) is 4.07. The van der Waals surface area contributed by atoms with Crippen LogP contribution in [-0.2, 0) is 4.79 Å². The Balaban J connectivity index is 1.51. The monoisotopic (exact) mass is 340 g/mol. The Bertz CT molecular complexity index is 734. The molecular weight excluding hydrogens is 320 g/mol. The van der Waals surface area contributed by atoms with Crippen LogP contribution in [0.5, 0.6) is 5.75 Å². The van der Waals surface area contributed by atoms with Crippen LogP contribution in [0.1, 0.15) is 28.4 Å². The molecule has 2 atom stereocenters. The van der Waals surface area contributed by atoms with Crippen LogP contribution in [0.15, 0.2) is 54.6 Å². The number of nitrogens with one attached hydrogen (secondary N) is 4. The van der Waals surface area contributed by atoms with Crippen molar-refractivity contribution in [2.24, 2.45) is 0 Å². The Labute approximate surface area is 145 Å². The Hall–Kier alpha value is -2.90. The maximum atomic E-state index is 12.2. The average Bonchev–Trinajstić information content (AvgIpc) is 3.17. The smallest absolute Gasteiger partial charge is 0.269 e. The first kappa shape index (κ1) is 16.9. The lowest BCUT2D eigenvalue weighted by molar-refractivity contribution is -0.123. The minimum absolute atomic E-state index is 0.00600. The van der Waals surface area contributed by atoms with Crippen molar-refractivity contribution in [3.05, 3.63) is 65.7 Å². The van der Waals surface area contributed by atoms with Crippen LogP contribution in [0.4, 0.5) is 0 Å². The summed E-state index contributed by atoms with van der Waals surface area (Å²) in [4.78, 5) is 24.1. The van der Waals surface area contributed by atoms with Crippen molar-refractivity contribution in [1.29, 1.82) is 0 Å². The molecule has 130 valence electrons. The molecule has 2 aromatic carbocycles. The van der Waals surface area contributed by atoms with Gasteiger partial charge in [0.05, 0.1) is 7.11 Å². The average molecular weight is 340 g/mol. The topological polar surface area (TPSA) is 91.5 Å². The Morgan fingerprint density at radius 3 is 2.40 bits per heavy atom. The van der Waals surface area contributed by atoms with E-state index in [4.69, 9.17) is 4.74 Å². The lowest BCUT2D eigenvalue weighted by Crippen LogP contribution is -2.50. The lowest BCUT2D eigenvalue weighted by Gasteiger charge is -2.12. The van der Waals surface area contributed by atoms with E-state index in [1.54, 1.807) is 31.4 Å². The van der Waals surface area contributed by atoms with Crippen LogP contribution in [0.2, 0.25) is 0 Å². The number of amides is 2. The first-order valence-electron chi connectivity index (χ1n) is 7.97. The summed E-state index contributed by atoms with van der Waals surface area (Å²) < 4.78 is 5.14. The standard InChI is InChI=1S/C18H20N4O3/c1-25-14-9-7-12(8-10-14)15-11-16(20-19-15)18(24)22-21-17(23)13-5-3-2-4-6-13/h2-10,15-16,19-20H,11H2,1H3,(H,21,23)(H,22,24). The summed E-state index contributed by atoms with van der Waals surface area (Å²) in [6.45, 7) is 0. The maximum absolute atomic E-state index is 12.2. The van der Waals surface area contributed by atoms with Gasteiger partial charge in [-0.2, -0.15) is 0 Å². The minimum Gasteiger partial charge on any atom is -0.497 e. The fraction of sp³-hybridized carbons (Fsp3) is 0.222. The molecule has 2 aromatic rings. The van der Waals surface area contributed by atoms with Gasteiger partial charge in [-0.15, -0.1) is 0 Å². The van der Waals surface area contributed by atoms with Gasteiger partial charge in [-0.05, 0) is 36.2 Å². The minimum atomic E-state index is -0.442.